The number of para-hydroxylation sites is 2. The highest BCUT2D eigenvalue weighted by Gasteiger charge is 2.36. The molecule has 7 heteroatoms. The van der Waals surface area contributed by atoms with Crippen molar-refractivity contribution in [2.45, 2.75) is 6.10 Å². The lowest BCUT2D eigenvalue weighted by atomic mass is 10.0. The van der Waals surface area contributed by atoms with E-state index in [0.717, 1.165) is 5.56 Å². The van der Waals surface area contributed by atoms with Crippen LogP contribution in [0.2, 0.25) is 5.02 Å². The summed E-state index contributed by atoms with van der Waals surface area (Å²) < 4.78 is 11.6. The summed E-state index contributed by atoms with van der Waals surface area (Å²) in [7, 11) is 3.33. The second kappa shape index (κ2) is 7.20. The van der Waals surface area contributed by atoms with E-state index >= 15 is 0 Å². The molecule has 144 valence electrons. The number of carbonyl (C=O) groups excluding carboxylic acids is 2. The molecule has 1 atom stereocenters. The van der Waals surface area contributed by atoms with Gasteiger partial charge in [-0.25, -0.2) is 0 Å². The van der Waals surface area contributed by atoms with E-state index in [4.69, 9.17) is 21.1 Å². The number of likely N-dealkylation sites (N-methyl/N-ethyl adjacent to an activating group) is 1. The van der Waals surface area contributed by atoms with Gasteiger partial charge in [0, 0.05) is 24.7 Å². The molecule has 2 aliphatic heterocycles. The summed E-state index contributed by atoms with van der Waals surface area (Å²) in [5.74, 6) is 0.767. The first-order chi connectivity index (χ1) is 13.4. The summed E-state index contributed by atoms with van der Waals surface area (Å²) in [5, 5.41) is 0.570. The molecule has 2 heterocycles. The van der Waals surface area contributed by atoms with Crippen LogP contribution >= 0.6 is 11.6 Å². The van der Waals surface area contributed by atoms with Gasteiger partial charge in [-0.15, -0.1) is 0 Å². The number of rotatable bonds is 2. The highest BCUT2D eigenvalue weighted by Crippen LogP contribution is 2.36. The first-order valence-electron chi connectivity index (χ1n) is 8.85. The van der Waals surface area contributed by atoms with Crippen molar-refractivity contribution in [3.8, 4) is 11.5 Å². The lowest BCUT2D eigenvalue weighted by Gasteiger charge is -2.35. The number of fused-ring (bicyclic) bond motifs is 2. The molecule has 28 heavy (non-hydrogen) atoms. The molecular weight excluding hydrogens is 380 g/mol. The van der Waals surface area contributed by atoms with Crippen molar-refractivity contribution in [2.75, 3.05) is 32.1 Å². The second-order valence-corrected chi connectivity index (χ2v) is 7.30. The standard InChI is InChI=1S/C21H19ClN2O4/c1-23(2)21(26)19-11-24(16-5-3-4-6-18(16)28-19)20(25)14-9-13-10-15(22)7-8-17(13)27-12-14/h3-10,19H,11-12H2,1-2H3/t19-/m0/s1. The van der Waals surface area contributed by atoms with Crippen molar-refractivity contribution in [2.24, 2.45) is 0 Å². The lowest BCUT2D eigenvalue weighted by Crippen LogP contribution is -2.51. The molecule has 0 saturated heterocycles. The second-order valence-electron chi connectivity index (χ2n) is 6.86. The first-order valence-corrected chi connectivity index (χ1v) is 9.23. The topological polar surface area (TPSA) is 59.1 Å². The maximum atomic E-state index is 13.3. The molecule has 0 spiro atoms. The Labute approximate surface area is 167 Å². The van der Waals surface area contributed by atoms with Gasteiger partial charge in [0.15, 0.2) is 6.10 Å². The summed E-state index contributed by atoms with van der Waals surface area (Å²) in [4.78, 5) is 28.8. The van der Waals surface area contributed by atoms with Crippen LogP contribution in [0.3, 0.4) is 0 Å². The zero-order valence-electron chi connectivity index (χ0n) is 15.5. The quantitative estimate of drug-likeness (QED) is 0.780. The lowest BCUT2D eigenvalue weighted by molar-refractivity contribution is -0.136. The molecule has 2 aliphatic rings. The average Bonchev–Trinajstić information content (AvgIpc) is 2.71. The average molecular weight is 399 g/mol. The van der Waals surface area contributed by atoms with Gasteiger partial charge in [0.05, 0.1) is 17.8 Å². The minimum Gasteiger partial charge on any atom is -0.488 e. The molecular formula is C21H19ClN2O4. The van der Waals surface area contributed by atoms with Crippen LogP contribution in [0.4, 0.5) is 5.69 Å². The fourth-order valence-electron chi connectivity index (χ4n) is 3.29. The highest BCUT2D eigenvalue weighted by molar-refractivity contribution is 6.30. The number of halogens is 1. The van der Waals surface area contributed by atoms with Gasteiger partial charge in [-0.2, -0.15) is 0 Å². The molecule has 0 bridgehead atoms. The monoisotopic (exact) mass is 398 g/mol. The Kier molecular flexibility index (Phi) is 4.73. The molecule has 2 aromatic carbocycles. The zero-order valence-corrected chi connectivity index (χ0v) is 16.3. The van der Waals surface area contributed by atoms with E-state index in [-0.39, 0.29) is 25.0 Å². The number of anilines is 1. The SMILES string of the molecule is CN(C)C(=O)[C@@H]1CN(C(=O)C2=Cc3cc(Cl)ccc3OC2)c2ccccc2O1. The number of carbonyl (C=O) groups is 2. The summed E-state index contributed by atoms with van der Waals surface area (Å²) in [5.41, 5.74) is 1.88. The van der Waals surface area contributed by atoms with Crippen molar-refractivity contribution in [1.29, 1.82) is 0 Å². The van der Waals surface area contributed by atoms with Gasteiger partial charge in [-0.05, 0) is 36.4 Å². The predicted octanol–water partition coefficient (Wildman–Crippen LogP) is 3.00. The normalized spacial score (nSPS) is 17.5. The van der Waals surface area contributed by atoms with E-state index in [0.29, 0.717) is 27.8 Å². The molecule has 0 saturated carbocycles. The van der Waals surface area contributed by atoms with Crippen LogP contribution in [0, 0.1) is 0 Å². The molecule has 0 N–H and O–H groups in total. The molecule has 0 aromatic heterocycles. The number of hydrogen-bond acceptors (Lipinski definition) is 4. The van der Waals surface area contributed by atoms with E-state index in [1.165, 1.54) is 4.90 Å². The Bertz CT molecular complexity index is 986. The van der Waals surface area contributed by atoms with Gasteiger partial charge in [0.1, 0.15) is 18.1 Å². The van der Waals surface area contributed by atoms with E-state index in [2.05, 4.69) is 0 Å². The van der Waals surface area contributed by atoms with Gasteiger partial charge in [-0.3, -0.25) is 9.59 Å². The minimum absolute atomic E-state index is 0.132. The fraction of sp³-hybridized carbons (Fsp3) is 0.238. The number of amides is 2. The Morgan fingerprint density at radius 1 is 1.14 bits per heavy atom. The van der Waals surface area contributed by atoms with Crippen LogP contribution in [0.15, 0.2) is 48.0 Å². The number of nitrogens with zero attached hydrogens (tertiary/aromatic N) is 2. The van der Waals surface area contributed by atoms with Crippen molar-refractivity contribution in [3.63, 3.8) is 0 Å². The Balaban J connectivity index is 1.69. The maximum Gasteiger partial charge on any atom is 0.265 e. The maximum absolute atomic E-state index is 13.3. The summed E-state index contributed by atoms with van der Waals surface area (Å²) in [6.45, 7) is 0.284. The molecule has 4 rings (SSSR count). The van der Waals surface area contributed by atoms with E-state index < -0.39 is 6.10 Å². The predicted molar refractivity (Wildman–Crippen MR) is 107 cm³/mol. The number of ether oxygens (including phenoxy) is 2. The molecule has 2 aromatic rings. The van der Waals surface area contributed by atoms with Crippen molar-refractivity contribution < 1.29 is 19.1 Å². The summed E-state index contributed by atoms with van der Waals surface area (Å²) in [6.07, 6.45) is 1.02. The van der Waals surface area contributed by atoms with Crippen molar-refractivity contribution in [1.82, 2.24) is 4.90 Å². The third kappa shape index (κ3) is 3.31. The Morgan fingerprint density at radius 3 is 2.71 bits per heavy atom. The Hall–Kier alpha value is -2.99. The van der Waals surface area contributed by atoms with Gasteiger partial charge in [0.2, 0.25) is 0 Å². The number of hydrogen-bond donors (Lipinski definition) is 0. The van der Waals surface area contributed by atoms with Gasteiger partial charge in [-0.1, -0.05) is 23.7 Å². The molecule has 0 radical (unpaired) electrons. The van der Waals surface area contributed by atoms with Crippen LogP contribution in [0.25, 0.3) is 6.08 Å². The molecule has 6 nitrogen and oxygen atoms in total. The molecule has 0 fully saturated rings. The van der Waals surface area contributed by atoms with Crippen molar-refractivity contribution >= 4 is 35.2 Å². The molecule has 0 unspecified atom stereocenters. The zero-order chi connectivity index (χ0) is 19.8. The van der Waals surface area contributed by atoms with E-state index in [9.17, 15) is 9.59 Å². The molecule has 2 amide bonds. The fourth-order valence-corrected chi connectivity index (χ4v) is 3.47. The smallest absolute Gasteiger partial charge is 0.265 e. The molecule has 0 aliphatic carbocycles. The van der Waals surface area contributed by atoms with E-state index in [1.54, 1.807) is 55.4 Å². The van der Waals surface area contributed by atoms with Gasteiger partial charge >= 0.3 is 0 Å². The third-order valence-corrected chi connectivity index (χ3v) is 4.93. The Morgan fingerprint density at radius 2 is 1.93 bits per heavy atom. The highest BCUT2D eigenvalue weighted by atomic mass is 35.5. The van der Waals surface area contributed by atoms with Crippen LogP contribution in [-0.4, -0.2) is 50.1 Å². The third-order valence-electron chi connectivity index (χ3n) is 4.69. The van der Waals surface area contributed by atoms with E-state index in [1.807, 2.05) is 12.1 Å². The van der Waals surface area contributed by atoms with Crippen LogP contribution in [0.5, 0.6) is 11.5 Å². The van der Waals surface area contributed by atoms with Crippen LogP contribution in [-0.2, 0) is 9.59 Å². The first kappa shape index (κ1) is 18.4. The summed E-state index contributed by atoms with van der Waals surface area (Å²) in [6, 6.07) is 12.5. The van der Waals surface area contributed by atoms with Crippen LogP contribution < -0.4 is 14.4 Å². The van der Waals surface area contributed by atoms with Gasteiger partial charge < -0.3 is 19.3 Å². The van der Waals surface area contributed by atoms with Gasteiger partial charge in [0.25, 0.3) is 11.8 Å². The minimum atomic E-state index is -0.763. The largest absolute Gasteiger partial charge is 0.488 e. The number of benzene rings is 2. The van der Waals surface area contributed by atoms with Crippen molar-refractivity contribution in [3.05, 3.63) is 58.6 Å². The summed E-state index contributed by atoms with van der Waals surface area (Å²) >= 11 is 6.06. The van der Waals surface area contributed by atoms with Crippen LogP contribution in [0.1, 0.15) is 5.56 Å².